The number of halogens is 1. The Balaban J connectivity index is 1.41. The Morgan fingerprint density at radius 2 is 1.83 bits per heavy atom. The third-order valence-electron chi connectivity index (χ3n) is 4.20. The van der Waals surface area contributed by atoms with Gasteiger partial charge in [-0.1, -0.05) is 41.4 Å². The number of hydrogen-bond acceptors (Lipinski definition) is 5. The zero-order valence-corrected chi connectivity index (χ0v) is 16.9. The minimum atomic E-state index is -0.414. The van der Waals surface area contributed by atoms with E-state index in [1.165, 1.54) is 16.9 Å². The van der Waals surface area contributed by atoms with Crippen LogP contribution in [0.5, 0.6) is 0 Å². The van der Waals surface area contributed by atoms with Gasteiger partial charge in [0.05, 0.1) is 12.2 Å². The number of fused-ring (bicyclic) bond motifs is 1. The van der Waals surface area contributed by atoms with Gasteiger partial charge in [0.1, 0.15) is 0 Å². The van der Waals surface area contributed by atoms with Crippen LogP contribution in [0.3, 0.4) is 0 Å². The topological polar surface area (TPSA) is 88.4 Å². The van der Waals surface area contributed by atoms with Crippen molar-refractivity contribution >= 4 is 45.7 Å². The highest BCUT2D eigenvalue weighted by molar-refractivity contribution is 7.15. The molecule has 0 fully saturated rings. The van der Waals surface area contributed by atoms with Crippen LogP contribution >= 0.6 is 22.9 Å². The fraction of sp³-hybridized carbons (Fsp3) is 0.100. The lowest BCUT2D eigenvalue weighted by molar-refractivity contribution is -0.115. The number of nitrogens with zero attached hydrogens (tertiary/aromatic N) is 3. The normalized spacial score (nSPS) is 10.8. The third-order valence-corrected chi connectivity index (χ3v) is 5.26. The number of carbonyl (C=O) groups is 2. The molecule has 0 saturated carbocycles. The maximum Gasteiger partial charge on any atom is 0.251 e. The minimum absolute atomic E-state index is 0.191. The lowest BCUT2D eigenvalue weighted by atomic mass is 10.1. The SMILES string of the molecule is Cc1ccc(-c2csc3nc(NC(=O)CNC(=O)c4ccc(Cl)cc4)nn23)cc1. The quantitative estimate of drug-likeness (QED) is 0.509. The molecule has 0 radical (unpaired) electrons. The third kappa shape index (κ3) is 4.28. The first-order valence-corrected chi connectivity index (χ1v) is 10.0. The van der Waals surface area contributed by atoms with Crippen molar-refractivity contribution in [2.75, 3.05) is 11.9 Å². The van der Waals surface area contributed by atoms with Crippen molar-refractivity contribution in [2.24, 2.45) is 0 Å². The molecule has 0 aliphatic rings. The molecule has 0 bridgehead atoms. The molecule has 2 aromatic carbocycles. The maximum absolute atomic E-state index is 12.2. The van der Waals surface area contributed by atoms with Crippen LogP contribution in [0.4, 0.5) is 5.95 Å². The number of carbonyl (C=O) groups excluding carboxylic acids is 2. The molecule has 9 heteroatoms. The Morgan fingerprint density at radius 3 is 2.55 bits per heavy atom. The molecule has 4 aromatic rings. The van der Waals surface area contributed by atoms with Crippen molar-refractivity contribution in [3.63, 3.8) is 0 Å². The Labute approximate surface area is 175 Å². The molecular weight excluding hydrogens is 410 g/mol. The highest BCUT2D eigenvalue weighted by atomic mass is 35.5. The van der Waals surface area contributed by atoms with E-state index in [0.717, 1.165) is 11.3 Å². The van der Waals surface area contributed by atoms with E-state index in [2.05, 4.69) is 20.7 Å². The van der Waals surface area contributed by atoms with Crippen LogP contribution in [0.1, 0.15) is 15.9 Å². The Kier molecular flexibility index (Phi) is 5.28. The fourth-order valence-corrected chi connectivity index (χ4v) is 3.65. The van der Waals surface area contributed by atoms with E-state index in [-0.39, 0.29) is 18.4 Å². The second-order valence-electron chi connectivity index (χ2n) is 6.35. The number of anilines is 1. The van der Waals surface area contributed by atoms with Crippen LogP contribution < -0.4 is 10.6 Å². The maximum atomic E-state index is 12.2. The summed E-state index contributed by atoms with van der Waals surface area (Å²) in [6, 6.07) is 14.5. The van der Waals surface area contributed by atoms with E-state index in [1.54, 1.807) is 28.8 Å². The summed E-state index contributed by atoms with van der Waals surface area (Å²) in [4.78, 5) is 29.2. The van der Waals surface area contributed by atoms with Gasteiger partial charge in [-0.2, -0.15) is 4.98 Å². The van der Waals surface area contributed by atoms with Gasteiger partial charge >= 0.3 is 0 Å². The number of hydrogen-bond donors (Lipinski definition) is 2. The summed E-state index contributed by atoms with van der Waals surface area (Å²) in [5.74, 6) is -0.587. The highest BCUT2D eigenvalue weighted by Crippen LogP contribution is 2.26. The smallest absolute Gasteiger partial charge is 0.251 e. The summed E-state index contributed by atoms with van der Waals surface area (Å²) in [7, 11) is 0. The van der Waals surface area contributed by atoms with Gasteiger partial charge in [-0.3, -0.25) is 14.9 Å². The molecule has 2 aromatic heterocycles. The van der Waals surface area contributed by atoms with E-state index in [9.17, 15) is 9.59 Å². The van der Waals surface area contributed by atoms with Crippen molar-refractivity contribution in [3.05, 3.63) is 70.1 Å². The lowest BCUT2D eigenvalue weighted by Crippen LogP contribution is -2.33. The predicted octanol–water partition coefficient (Wildman–Crippen LogP) is 3.79. The number of nitrogens with one attached hydrogen (secondary N) is 2. The minimum Gasteiger partial charge on any atom is -0.343 e. The van der Waals surface area contributed by atoms with E-state index in [4.69, 9.17) is 11.6 Å². The number of aryl methyl sites for hydroxylation is 1. The summed E-state index contributed by atoms with van der Waals surface area (Å²) in [6.45, 7) is 1.83. The molecule has 0 unspecified atom stereocenters. The molecule has 2 heterocycles. The van der Waals surface area contributed by atoms with Crippen molar-refractivity contribution in [3.8, 4) is 11.3 Å². The van der Waals surface area contributed by atoms with Gasteiger partial charge in [0.2, 0.25) is 10.9 Å². The molecule has 0 saturated heterocycles. The predicted molar refractivity (Wildman–Crippen MR) is 113 cm³/mol. The summed E-state index contributed by atoms with van der Waals surface area (Å²) < 4.78 is 1.69. The first-order chi connectivity index (χ1) is 14.0. The molecular formula is C20H16ClN5O2S. The van der Waals surface area contributed by atoms with Gasteiger partial charge in [0.25, 0.3) is 11.9 Å². The van der Waals surface area contributed by atoms with Crippen LogP contribution in [0.2, 0.25) is 5.02 Å². The van der Waals surface area contributed by atoms with Gasteiger partial charge in [-0.25, -0.2) is 4.52 Å². The lowest BCUT2D eigenvalue weighted by Gasteiger charge is -2.05. The van der Waals surface area contributed by atoms with Crippen LogP contribution in [0, 0.1) is 6.92 Å². The van der Waals surface area contributed by atoms with Gasteiger partial charge in [0.15, 0.2) is 0 Å². The van der Waals surface area contributed by atoms with Gasteiger partial charge in [-0.15, -0.1) is 16.4 Å². The second-order valence-corrected chi connectivity index (χ2v) is 7.63. The first-order valence-electron chi connectivity index (χ1n) is 8.74. The van der Waals surface area contributed by atoms with E-state index in [1.807, 2.05) is 36.6 Å². The average molecular weight is 426 g/mol. The molecule has 0 spiro atoms. The van der Waals surface area contributed by atoms with Crippen molar-refractivity contribution < 1.29 is 9.59 Å². The Morgan fingerprint density at radius 1 is 1.10 bits per heavy atom. The van der Waals surface area contributed by atoms with Crippen LogP contribution in [0.25, 0.3) is 16.2 Å². The van der Waals surface area contributed by atoms with Gasteiger partial charge < -0.3 is 5.32 Å². The summed E-state index contributed by atoms with van der Waals surface area (Å²) in [6.07, 6.45) is 0. The molecule has 0 atom stereocenters. The van der Waals surface area contributed by atoms with E-state index in [0.29, 0.717) is 15.5 Å². The largest absolute Gasteiger partial charge is 0.343 e. The zero-order chi connectivity index (χ0) is 20.4. The molecule has 4 rings (SSSR count). The first kappa shape index (κ1) is 19.1. The second kappa shape index (κ2) is 8.02. The molecule has 2 N–H and O–H groups in total. The summed E-state index contributed by atoms with van der Waals surface area (Å²) >= 11 is 7.24. The van der Waals surface area contributed by atoms with E-state index >= 15 is 0 Å². The van der Waals surface area contributed by atoms with Gasteiger partial charge in [-0.05, 0) is 31.2 Å². The molecule has 0 aliphatic heterocycles. The van der Waals surface area contributed by atoms with Crippen LogP contribution in [0.15, 0.2) is 53.9 Å². The number of rotatable bonds is 5. The molecule has 7 nitrogen and oxygen atoms in total. The number of aromatic nitrogens is 3. The highest BCUT2D eigenvalue weighted by Gasteiger charge is 2.14. The Bertz CT molecular complexity index is 1180. The fourth-order valence-electron chi connectivity index (χ4n) is 2.69. The number of amides is 2. The average Bonchev–Trinajstić information content (AvgIpc) is 3.27. The van der Waals surface area contributed by atoms with Crippen molar-refractivity contribution in [1.82, 2.24) is 19.9 Å². The van der Waals surface area contributed by atoms with E-state index < -0.39 is 5.91 Å². The number of thiazole rings is 1. The zero-order valence-electron chi connectivity index (χ0n) is 15.3. The van der Waals surface area contributed by atoms with Crippen LogP contribution in [-0.2, 0) is 4.79 Å². The molecule has 29 heavy (non-hydrogen) atoms. The standard InChI is InChI=1S/C20H16ClN5O2S/c1-12-2-4-13(5-3-12)16-11-29-20-24-19(25-26(16)20)23-17(27)10-22-18(28)14-6-8-15(21)9-7-14/h2-9,11H,10H2,1H3,(H,22,28)(H,23,25,27). The molecule has 0 aliphatic carbocycles. The van der Waals surface area contributed by atoms with Gasteiger partial charge in [0, 0.05) is 21.5 Å². The summed E-state index contributed by atoms with van der Waals surface area (Å²) in [5.41, 5.74) is 3.51. The van der Waals surface area contributed by atoms with Crippen LogP contribution in [-0.4, -0.2) is 33.0 Å². The van der Waals surface area contributed by atoms with Crippen molar-refractivity contribution in [2.45, 2.75) is 6.92 Å². The van der Waals surface area contributed by atoms with Crippen molar-refractivity contribution in [1.29, 1.82) is 0 Å². The molecule has 146 valence electrons. The Hall–Kier alpha value is -3.23. The molecule has 2 amide bonds. The number of benzene rings is 2. The summed E-state index contributed by atoms with van der Waals surface area (Å²) in [5, 5.41) is 12.0. The monoisotopic (exact) mass is 425 g/mol.